The van der Waals surface area contributed by atoms with Gasteiger partial charge in [0, 0.05) is 12.0 Å². The molecule has 1 aromatic carbocycles. The molecule has 1 rings (SSSR count). The topological polar surface area (TPSA) is 30.5 Å². The van der Waals surface area contributed by atoms with Crippen LogP contribution in [-0.4, -0.2) is 27.3 Å². The third-order valence-corrected chi connectivity index (χ3v) is 3.16. The van der Waals surface area contributed by atoms with Crippen molar-refractivity contribution in [2.24, 2.45) is 0 Å². The van der Waals surface area contributed by atoms with E-state index in [1.54, 1.807) is 14.2 Å². The van der Waals surface area contributed by atoms with Gasteiger partial charge in [-0.15, -0.1) is 0 Å². The molecule has 3 heteroatoms. The van der Waals surface area contributed by atoms with E-state index in [4.69, 9.17) is 9.47 Å². The predicted octanol–water partition coefficient (Wildman–Crippen LogP) is 2.98. The van der Waals surface area contributed by atoms with E-state index in [0.717, 1.165) is 31.0 Å². The highest BCUT2D eigenvalue weighted by Gasteiger charge is 2.21. The lowest BCUT2D eigenvalue weighted by Crippen LogP contribution is -2.33. The first-order valence-electron chi connectivity index (χ1n) is 6.48. The number of hydrogen-bond acceptors (Lipinski definition) is 3. The Hall–Kier alpha value is -1.22. The Morgan fingerprint density at radius 1 is 1.11 bits per heavy atom. The molecule has 0 atom stereocenters. The van der Waals surface area contributed by atoms with Crippen LogP contribution in [0.1, 0.15) is 32.8 Å². The van der Waals surface area contributed by atoms with Gasteiger partial charge in [0.1, 0.15) is 0 Å². The SMILES string of the molecule is CCCNCC(C)(C)c1ccc(OC)c(OC)c1. The summed E-state index contributed by atoms with van der Waals surface area (Å²) in [6, 6.07) is 6.14. The minimum Gasteiger partial charge on any atom is -0.493 e. The van der Waals surface area contributed by atoms with Gasteiger partial charge in [0.15, 0.2) is 11.5 Å². The molecule has 0 spiro atoms. The lowest BCUT2D eigenvalue weighted by Gasteiger charge is -2.26. The number of hydrogen-bond donors (Lipinski definition) is 1. The fourth-order valence-corrected chi connectivity index (χ4v) is 1.94. The van der Waals surface area contributed by atoms with Crippen LogP contribution in [0.5, 0.6) is 11.5 Å². The number of benzene rings is 1. The van der Waals surface area contributed by atoms with Crippen LogP contribution < -0.4 is 14.8 Å². The molecule has 18 heavy (non-hydrogen) atoms. The fourth-order valence-electron chi connectivity index (χ4n) is 1.94. The molecule has 1 aromatic rings. The Bertz CT molecular complexity index is 375. The first-order valence-corrected chi connectivity index (χ1v) is 6.48. The third kappa shape index (κ3) is 3.64. The molecule has 0 bridgehead atoms. The minimum absolute atomic E-state index is 0.0781. The Labute approximate surface area is 110 Å². The van der Waals surface area contributed by atoms with Crippen molar-refractivity contribution in [2.75, 3.05) is 27.3 Å². The first kappa shape index (κ1) is 14.8. The molecular formula is C15H25NO2. The molecule has 0 aliphatic rings. The van der Waals surface area contributed by atoms with Gasteiger partial charge in [-0.2, -0.15) is 0 Å². The molecule has 0 saturated carbocycles. The molecule has 0 fully saturated rings. The summed E-state index contributed by atoms with van der Waals surface area (Å²) < 4.78 is 10.6. The van der Waals surface area contributed by atoms with Crippen LogP contribution in [0.4, 0.5) is 0 Å². The molecule has 1 N–H and O–H groups in total. The highest BCUT2D eigenvalue weighted by Crippen LogP contribution is 2.32. The van der Waals surface area contributed by atoms with Crippen molar-refractivity contribution in [3.05, 3.63) is 23.8 Å². The summed E-state index contributed by atoms with van der Waals surface area (Å²) in [6.45, 7) is 8.65. The summed E-state index contributed by atoms with van der Waals surface area (Å²) in [5.74, 6) is 1.57. The predicted molar refractivity (Wildman–Crippen MR) is 75.7 cm³/mol. The van der Waals surface area contributed by atoms with Gasteiger partial charge < -0.3 is 14.8 Å². The Balaban J connectivity index is 2.87. The normalized spacial score (nSPS) is 11.4. The number of ether oxygens (including phenoxy) is 2. The van der Waals surface area contributed by atoms with Crippen molar-refractivity contribution in [3.63, 3.8) is 0 Å². The summed E-state index contributed by atoms with van der Waals surface area (Å²) >= 11 is 0. The van der Waals surface area contributed by atoms with Crippen molar-refractivity contribution >= 4 is 0 Å². The summed E-state index contributed by atoms with van der Waals surface area (Å²) in [7, 11) is 3.33. The molecular weight excluding hydrogens is 226 g/mol. The molecule has 0 amide bonds. The number of nitrogens with one attached hydrogen (secondary N) is 1. The van der Waals surface area contributed by atoms with Gasteiger partial charge in [-0.25, -0.2) is 0 Å². The smallest absolute Gasteiger partial charge is 0.161 e. The number of methoxy groups -OCH3 is 2. The largest absolute Gasteiger partial charge is 0.493 e. The molecule has 3 nitrogen and oxygen atoms in total. The van der Waals surface area contributed by atoms with Crippen molar-refractivity contribution in [2.45, 2.75) is 32.6 Å². The van der Waals surface area contributed by atoms with Crippen LogP contribution >= 0.6 is 0 Å². The van der Waals surface area contributed by atoms with Gasteiger partial charge in [0.25, 0.3) is 0 Å². The summed E-state index contributed by atoms with van der Waals surface area (Å²) in [4.78, 5) is 0. The maximum Gasteiger partial charge on any atom is 0.161 e. The van der Waals surface area contributed by atoms with Crippen molar-refractivity contribution in [3.8, 4) is 11.5 Å². The van der Waals surface area contributed by atoms with Crippen molar-refractivity contribution in [1.29, 1.82) is 0 Å². The third-order valence-electron chi connectivity index (χ3n) is 3.16. The molecule has 0 aliphatic carbocycles. The Morgan fingerprint density at radius 3 is 2.33 bits per heavy atom. The second-order valence-electron chi connectivity index (χ2n) is 5.13. The van der Waals surface area contributed by atoms with Crippen molar-refractivity contribution < 1.29 is 9.47 Å². The van der Waals surface area contributed by atoms with E-state index in [0.29, 0.717) is 0 Å². The second kappa shape index (κ2) is 6.64. The van der Waals surface area contributed by atoms with Gasteiger partial charge in [-0.1, -0.05) is 26.8 Å². The van der Waals surface area contributed by atoms with E-state index in [1.807, 2.05) is 6.07 Å². The van der Waals surface area contributed by atoms with E-state index >= 15 is 0 Å². The molecule has 0 unspecified atom stereocenters. The quantitative estimate of drug-likeness (QED) is 0.756. The minimum atomic E-state index is 0.0781. The molecule has 0 aliphatic heterocycles. The van der Waals surface area contributed by atoms with Gasteiger partial charge >= 0.3 is 0 Å². The summed E-state index contributed by atoms with van der Waals surface area (Å²) in [6.07, 6.45) is 1.15. The maximum atomic E-state index is 5.35. The average molecular weight is 251 g/mol. The monoisotopic (exact) mass is 251 g/mol. The summed E-state index contributed by atoms with van der Waals surface area (Å²) in [5, 5.41) is 3.47. The zero-order valence-corrected chi connectivity index (χ0v) is 12.2. The van der Waals surface area contributed by atoms with E-state index in [2.05, 4.69) is 38.2 Å². The lowest BCUT2D eigenvalue weighted by molar-refractivity contribution is 0.353. The fraction of sp³-hybridized carbons (Fsp3) is 0.600. The van der Waals surface area contributed by atoms with Crippen LogP contribution in [0.2, 0.25) is 0 Å². The van der Waals surface area contributed by atoms with Gasteiger partial charge in [0.05, 0.1) is 14.2 Å². The summed E-state index contributed by atoms with van der Waals surface area (Å²) in [5.41, 5.74) is 1.33. The first-order chi connectivity index (χ1) is 8.55. The van der Waals surface area contributed by atoms with Crippen LogP contribution in [0.3, 0.4) is 0 Å². The van der Waals surface area contributed by atoms with E-state index in [-0.39, 0.29) is 5.41 Å². The number of rotatable bonds is 7. The van der Waals surface area contributed by atoms with Crippen LogP contribution in [0.25, 0.3) is 0 Å². The zero-order valence-electron chi connectivity index (χ0n) is 12.2. The van der Waals surface area contributed by atoms with Gasteiger partial charge in [0.2, 0.25) is 0 Å². The van der Waals surface area contributed by atoms with Crippen LogP contribution in [0.15, 0.2) is 18.2 Å². The standard InChI is InChI=1S/C15H25NO2/c1-6-9-16-11-15(2,3)12-7-8-13(17-4)14(10-12)18-5/h7-8,10,16H,6,9,11H2,1-5H3. The molecule has 0 radical (unpaired) electrons. The molecule has 0 saturated heterocycles. The van der Waals surface area contributed by atoms with E-state index < -0.39 is 0 Å². The van der Waals surface area contributed by atoms with E-state index in [1.165, 1.54) is 5.56 Å². The van der Waals surface area contributed by atoms with Gasteiger partial charge in [-0.3, -0.25) is 0 Å². The zero-order chi connectivity index (χ0) is 13.6. The molecule has 0 aromatic heterocycles. The average Bonchev–Trinajstić information content (AvgIpc) is 2.38. The van der Waals surface area contributed by atoms with Crippen LogP contribution in [0, 0.1) is 0 Å². The van der Waals surface area contributed by atoms with Gasteiger partial charge in [-0.05, 0) is 30.7 Å². The van der Waals surface area contributed by atoms with E-state index in [9.17, 15) is 0 Å². The highest BCUT2D eigenvalue weighted by molar-refractivity contribution is 5.45. The van der Waals surface area contributed by atoms with Crippen LogP contribution in [-0.2, 0) is 5.41 Å². The second-order valence-corrected chi connectivity index (χ2v) is 5.13. The Morgan fingerprint density at radius 2 is 1.78 bits per heavy atom. The Kier molecular flexibility index (Phi) is 5.48. The lowest BCUT2D eigenvalue weighted by atomic mass is 9.84. The highest BCUT2D eigenvalue weighted by atomic mass is 16.5. The van der Waals surface area contributed by atoms with Crippen molar-refractivity contribution in [1.82, 2.24) is 5.32 Å². The maximum absolute atomic E-state index is 5.35. The molecule has 102 valence electrons. The molecule has 0 heterocycles.